The SMILES string of the molecule is O=C(c1ccc2c(c1)CCCC2)N1CCCC(O)C1. The Hall–Kier alpha value is -1.35. The second-order valence-electron chi connectivity index (χ2n) is 5.74. The van der Waals surface area contributed by atoms with E-state index in [0.29, 0.717) is 6.54 Å². The summed E-state index contributed by atoms with van der Waals surface area (Å²) in [4.78, 5) is 14.2. The first-order valence-corrected chi connectivity index (χ1v) is 7.33. The minimum absolute atomic E-state index is 0.0760. The molecule has 1 aliphatic carbocycles. The number of aryl methyl sites for hydroxylation is 2. The Kier molecular flexibility index (Phi) is 3.56. The van der Waals surface area contributed by atoms with Gasteiger partial charge in [-0.15, -0.1) is 0 Å². The van der Waals surface area contributed by atoms with Gasteiger partial charge in [0, 0.05) is 18.7 Å². The van der Waals surface area contributed by atoms with Crippen molar-refractivity contribution in [3.63, 3.8) is 0 Å². The first-order chi connectivity index (χ1) is 9.24. The summed E-state index contributed by atoms with van der Waals surface area (Å²) in [7, 11) is 0. The zero-order valence-electron chi connectivity index (χ0n) is 11.3. The molecule has 19 heavy (non-hydrogen) atoms. The Labute approximate surface area is 114 Å². The zero-order valence-corrected chi connectivity index (χ0v) is 11.3. The Balaban J connectivity index is 1.79. The van der Waals surface area contributed by atoms with Crippen LogP contribution in [0.4, 0.5) is 0 Å². The Bertz CT molecular complexity index is 484. The van der Waals surface area contributed by atoms with Crippen molar-refractivity contribution in [2.75, 3.05) is 13.1 Å². The number of likely N-dealkylation sites (tertiary alicyclic amines) is 1. The van der Waals surface area contributed by atoms with Crippen LogP contribution in [0, 0.1) is 0 Å². The van der Waals surface area contributed by atoms with Gasteiger partial charge in [-0.05, 0) is 61.8 Å². The van der Waals surface area contributed by atoms with E-state index >= 15 is 0 Å². The molecule has 1 aromatic rings. The molecule has 0 saturated carbocycles. The summed E-state index contributed by atoms with van der Waals surface area (Å²) in [6.45, 7) is 1.25. The molecule has 1 unspecified atom stereocenters. The van der Waals surface area contributed by atoms with Gasteiger partial charge >= 0.3 is 0 Å². The molecule has 0 radical (unpaired) electrons. The molecule has 1 N–H and O–H groups in total. The number of aliphatic hydroxyl groups is 1. The lowest BCUT2D eigenvalue weighted by molar-refractivity contribution is 0.0473. The van der Waals surface area contributed by atoms with Crippen LogP contribution in [0.25, 0.3) is 0 Å². The molecule has 1 aliphatic heterocycles. The Morgan fingerprint density at radius 1 is 1.16 bits per heavy atom. The monoisotopic (exact) mass is 259 g/mol. The lowest BCUT2D eigenvalue weighted by atomic mass is 9.90. The highest BCUT2D eigenvalue weighted by molar-refractivity contribution is 5.94. The van der Waals surface area contributed by atoms with Crippen molar-refractivity contribution in [1.82, 2.24) is 4.90 Å². The predicted molar refractivity (Wildman–Crippen MR) is 74.2 cm³/mol. The molecule has 3 heteroatoms. The quantitative estimate of drug-likeness (QED) is 0.839. The van der Waals surface area contributed by atoms with Crippen LogP contribution in [0.15, 0.2) is 18.2 Å². The van der Waals surface area contributed by atoms with Crippen molar-refractivity contribution in [2.45, 2.75) is 44.6 Å². The van der Waals surface area contributed by atoms with Crippen molar-refractivity contribution in [1.29, 1.82) is 0 Å². The smallest absolute Gasteiger partial charge is 0.253 e. The summed E-state index contributed by atoms with van der Waals surface area (Å²) in [5.74, 6) is 0.0760. The highest BCUT2D eigenvalue weighted by Gasteiger charge is 2.23. The molecule has 1 heterocycles. The number of rotatable bonds is 1. The fourth-order valence-electron chi connectivity index (χ4n) is 3.19. The number of fused-ring (bicyclic) bond motifs is 1. The van der Waals surface area contributed by atoms with Crippen LogP contribution in [0.1, 0.15) is 47.2 Å². The zero-order chi connectivity index (χ0) is 13.2. The summed E-state index contributed by atoms with van der Waals surface area (Å²) >= 11 is 0. The Morgan fingerprint density at radius 2 is 1.95 bits per heavy atom. The maximum absolute atomic E-state index is 12.4. The van der Waals surface area contributed by atoms with Crippen molar-refractivity contribution >= 4 is 5.91 Å². The van der Waals surface area contributed by atoms with Crippen LogP contribution < -0.4 is 0 Å². The first kappa shape index (κ1) is 12.7. The van der Waals surface area contributed by atoms with Gasteiger partial charge in [0.05, 0.1) is 6.10 Å². The van der Waals surface area contributed by atoms with Crippen molar-refractivity contribution in [3.05, 3.63) is 34.9 Å². The highest BCUT2D eigenvalue weighted by atomic mass is 16.3. The maximum Gasteiger partial charge on any atom is 0.253 e. The molecule has 1 saturated heterocycles. The summed E-state index contributed by atoms with van der Waals surface area (Å²) in [5.41, 5.74) is 3.53. The molecule has 102 valence electrons. The van der Waals surface area contributed by atoms with E-state index in [0.717, 1.165) is 37.8 Å². The average molecular weight is 259 g/mol. The molecular weight excluding hydrogens is 238 g/mol. The van der Waals surface area contributed by atoms with Gasteiger partial charge in [0.1, 0.15) is 0 Å². The van der Waals surface area contributed by atoms with Crippen LogP contribution in [0.2, 0.25) is 0 Å². The number of carbonyl (C=O) groups excluding carboxylic acids is 1. The number of benzene rings is 1. The van der Waals surface area contributed by atoms with Crippen LogP contribution in [-0.2, 0) is 12.8 Å². The molecule has 1 atom stereocenters. The van der Waals surface area contributed by atoms with Crippen LogP contribution in [0.5, 0.6) is 0 Å². The summed E-state index contributed by atoms with van der Waals surface area (Å²) in [6.07, 6.45) is 6.10. The molecule has 1 aromatic carbocycles. The molecule has 0 spiro atoms. The largest absolute Gasteiger partial charge is 0.391 e. The van der Waals surface area contributed by atoms with Gasteiger partial charge in [-0.25, -0.2) is 0 Å². The van der Waals surface area contributed by atoms with Crippen LogP contribution >= 0.6 is 0 Å². The van der Waals surface area contributed by atoms with Gasteiger partial charge in [-0.2, -0.15) is 0 Å². The summed E-state index contributed by atoms with van der Waals surface area (Å²) in [5, 5.41) is 9.67. The van der Waals surface area contributed by atoms with E-state index in [2.05, 4.69) is 12.1 Å². The fraction of sp³-hybridized carbons (Fsp3) is 0.562. The molecule has 3 nitrogen and oxygen atoms in total. The lowest BCUT2D eigenvalue weighted by Gasteiger charge is -2.30. The van der Waals surface area contributed by atoms with Gasteiger partial charge in [0.15, 0.2) is 0 Å². The number of hydrogen-bond acceptors (Lipinski definition) is 2. The third-order valence-corrected chi connectivity index (χ3v) is 4.28. The first-order valence-electron chi connectivity index (χ1n) is 7.33. The standard InChI is InChI=1S/C16H21NO2/c18-15-6-3-9-17(11-15)16(19)14-8-7-12-4-1-2-5-13(12)10-14/h7-8,10,15,18H,1-6,9,11H2. The van der Waals surface area contributed by atoms with E-state index in [4.69, 9.17) is 0 Å². The molecule has 3 rings (SSSR count). The molecule has 2 aliphatic rings. The third kappa shape index (κ3) is 2.66. The average Bonchev–Trinajstić information content (AvgIpc) is 2.46. The highest BCUT2D eigenvalue weighted by Crippen LogP contribution is 2.23. The van der Waals surface area contributed by atoms with Gasteiger partial charge in [-0.1, -0.05) is 6.07 Å². The van der Waals surface area contributed by atoms with Crippen LogP contribution in [-0.4, -0.2) is 35.1 Å². The fourth-order valence-corrected chi connectivity index (χ4v) is 3.19. The lowest BCUT2D eigenvalue weighted by Crippen LogP contribution is -2.42. The van der Waals surface area contributed by atoms with Crippen LogP contribution in [0.3, 0.4) is 0 Å². The number of hydrogen-bond donors (Lipinski definition) is 1. The number of amides is 1. The van der Waals surface area contributed by atoms with E-state index in [1.807, 2.05) is 6.07 Å². The van der Waals surface area contributed by atoms with Gasteiger partial charge in [0.2, 0.25) is 0 Å². The van der Waals surface area contributed by atoms with E-state index in [1.54, 1.807) is 4.90 Å². The third-order valence-electron chi connectivity index (χ3n) is 4.28. The van der Waals surface area contributed by atoms with Gasteiger partial charge < -0.3 is 10.0 Å². The number of piperidine rings is 1. The number of carbonyl (C=O) groups is 1. The summed E-state index contributed by atoms with van der Waals surface area (Å²) < 4.78 is 0. The van der Waals surface area contributed by atoms with E-state index in [9.17, 15) is 9.90 Å². The van der Waals surface area contributed by atoms with E-state index in [-0.39, 0.29) is 12.0 Å². The molecule has 0 bridgehead atoms. The van der Waals surface area contributed by atoms with Crippen molar-refractivity contribution in [3.8, 4) is 0 Å². The molecule has 0 aromatic heterocycles. The van der Waals surface area contributed by atoms with Gasteiger partial charge in [0.25, 0.3) is 5.91 Å². The minimum atomic E-state index is -0.352. The number of nitrogens with zero attached hydrogens (tertiary/aromatic N) is 1. The molecule has 1 fully saturated rings. The minimum Gasteiger partial charge on any atom is -0.391 e. The topological polar surface area (TPSA) is 40.5 Å². The second kappa shape index (κ2) is 5.33. The predicted octanol–water partition coefficient (Wildman–Crippen LogP) is 2.16. The van der Waals surface area contributed by atoms with E-state index < -0.39 is 0 Å². The summed E-state index contributed by atoms with van der Waals surface area (Å²) in [6, 6.07) is 6.13. The molecule has 1 amide bonds. The van der Waals surface area contributed by atoms with Crippen molar-refractivity contribution < 1.29 is 9.90 Å². The number of aliphatic hydroxyl groups excluding tert-OH is 1. The second-order valence-corrected chi connectivity index (χ2v) is 5.74. The Morgan fingerprint density at radius 3 is 2.74 bits per heavy atom. The van der Waals surface area contributed by atoms with Gasteiger partial charge in [-0.3, -0.25) is 4.79 Å². The maximum atomic E-state index is 12.4. The van der Waals surface area contributed by atoms with E-state index in [1.165, 1.54) is 24.0 Å². The van der Waals surface area contributed by atoms with Crippen molar-refractivity contribution in [2.24, 2.45) is 0 Å². The normalized spacial score (nSPS) is 23.0. The molecular formula is C16H21NO2. The number of β-amino-alcohol motifs (C(OH)–C–C–N with tert-alkyl or cyclic N) is 1.